The number of piperidine rings is 1. The lowest BCUT2D eigenvalue weighted by Gasteiger charge is -2.47. The van der Waals surface area contributed by atoms with Crippen molar-refractivity contribution in [1.82, 2.24) is 34.8 Å². The second-order valence-corrected chi connectivity index (χ2v) is 24.3. The second-order valence-electron chi connectivity index (χ2n) is 19.5. The van der Waals surface area contributed by atoms with Gasteiger partial charge >= 0.3 is 0 Å². The number of H-pyrrole nitrogens is 1. The molecule has 342 valence electrons. The van der Waals surface area contributed by atoms with Crippen LogP contribution in [-0.4, -0.2) is 133 Å². The third-order valence-corrected chi connectivity index (χ3v) is 18.1. The van der Waals surface area contributed by atoms with Crippen LogP contribution in [0.15, 0.2) is 65.6 Å². The van der Waals surface area contributed by atoms with Gasteiger partial charge in [-0.15, -0.1) is 0 Å². The monoisotopic (exact) mass is 884 g/mol. The minimum absolute atomic E-state index is 0.0135. The van der Waals surface area contributed by atoms with Crippen LogP contribution in [0.1, 0.15) is 86.2 Å². The minimum Gasteiger partial charge on any atom is -0.506 e. The molecule has 63 heavy (non-hydrogen) atoms. The smallest absolute Gasteiger partial charge is 0.274 e. The molecule has 2 aromatic carbocycles. The fraction of sp³-hybridized carbons (Fsp3) is 0.583. The number of hydrogen-bond donors (Lipinski definition) is 3. The average molecular weight is 884 g/mol. The first kappa shape index (κ1) is 46.6. The van der Waals surface area contributed by atoms with Gasteiger partial charge in [0.1, 0.15) is 11.4 Å². The maximum atomic E-state index is 13.3. The number of aromatic nitrogens is 3. The largest absolute Gasteiger partial charge is 0.506 e. The Bertz CT molecular complexity index is 2220. The van der Waals surface area contributed by atoms with Gasteiger partial charge < -0.3 is 39.1 Å². The van der Waals surface area contributed by atoms with Gasteiger partial charge in [-0.05, 0) is 91.0 Å². The summed E-state index contributed by atoms with van der Waals surface area (Å²) in [5.74, 6) is 0.776. The molecule has 2 aliphatic heterocycles. The van der Waals surface area contributed by atoms with Crippen LogP contribution >= 0.6 is 0 Å². The van der Waals surface area contributed by atoms with Crippen molar-refractivity contribution >= 4 is 31.0 Å². The zero-order chi connectivity index (χ0) is 44.8. The standard InChI is InChI=1S/C48H69N7O7Si/c1-47(2,3)63(5,6)62-42(38-13-15-41(56)45-39(38)14-16-43(57)50-45)31-49-22-26-52(4)44(58)19-29-60-28-18-35-7-9-36(10-8-35)32-53-24-20-48(21-25-53)34-54(27-30-61-48)46(59)40-17-23-55(51-40)33-37-11-12-37/h7-10,13-17,23,37,42,49,56H,11-12,18-22,24-34H2,1-6H3,(H,50,57)/t42-/m0/s1. The Morgan fingerprint density at radius 1 is 1.03 bits per heavy atom. The van der Waals surface area contributed by atoms with Crippen LogP contribution in [0.3, 0.4) is 0 Å². The van der Waals surface area contributed by atoms with E-state index >= 15 is 0 Å². The van der Waals surface area contributed by atoms with Gasteiger partial charge in [-0.25, -0.2) is 0 Å². The van der Waals surface area contributed by atoms with Gasteiger partial charge in [-0.1, -0.05) is 51.1 Å². The summed E-state index contributed by atoms with van der Waals surface area (Å²) in [7, 11) is -0.390. The van der Waals surface area contributed by atoms with E-state index in [-0.39, 0.29) is 39.9 Å². The molecule has 3 aliphatic rings. The lowest BCUT2D eigenvalue weighted by atomic mass is 9.89. The first-order valence-corrected chi connectivity index (χ1v) is 25.8. The summed E-state index contributed by atoms with van der Waals surface area (Å²) in [5, 5.41) is 19.3. The van der Waals surface area contributed by atoms with Crippen molar-refractivity contribution in [1.29, 1.82) is 0 Å². The van der Waals surface area contributed by atoms with E-state index in [1.54, 1.807) is 17.0 Å². The number of ether oxygens (including phenoxy) is 2. The van der Waals surface area contributed by atoms with Gasteiger partial charge in [0.2, 0.25) is 11.5 Å². The van der Waals surface area contributed by atoms with Crippen LogP contribution in [0.5, 0.6) is 5.75 Å². The molecule has 4 aromatic rings. The van der Waals surface area contributed by atoms with E-state index < -0.39 is 8.32 Å². The number of phenols is 1. The Labute approximate surface area is 373 Å². The number of nitrogens with one attached hydrogen (secondary N) is 2. The molecule has 2 aromatic heterocycles. The molecule has 15 heteroatoms. The first-order valence-electron chi connectivity index (χ1n) is 22.9. The third kappa shape index (κ3) is 12.3. The fourth-order valence-electron chi connectivity index (χ4n) is 8.35. The number of carbonyl (C=O) groups is 2. The zero-order valence-corrected chi connectivity index (χ0v) is 39.3. The molecule has 2 amide bonds. The SMILES string of the molecule is CN(CCNC[C@H](O[Si](C)(C)C(C)(C)C)c1ccc(O)c2[nH]c(=O)ccc12)C(=O)CCOCCc1ccc(CN2CCC3(CC2)CN(C(=O)c2ccn(CC4CC4)n2)CCO3)cc1. The number of pyridine rings is 1. The summed E-state index contributed by atoms with van der Waals surface area (Å²) < 4.78 is 21.1. The highest BCUT2D eigenvalue weighted by atomic mass is 28.4. The van der Waals surface area contributed by atoms with Crippen molar-refractivity contribution in [3.63, 3.8) is 0 Å². The molecule has 0 radical (unpaired) electrons. The maximum Gasteiger partial charge on any atom is 0.274 e. The Hall–Kier alpha value is -4.38. The van der Waals surface area contributed by atoms with Gasteiger partial charge in [0.25, 0.3) is 5.91 Å². The molecule has 7 rings (SSSR count). The highest BCUT2D eigenvalue weighted by Gasteiger charge is 2.42. The summed E-state index contributed by atoms with van der Waals surface area (Å²) in [6.07, 6.45) is 7.02. The Kier molecular flexibility index (Phi) is 14.9. The van der Waals surface area contributed by atoms with Crippen LogP contribution in [0.4, 0.5) is 0 Å². The number of hydrogen-bond acceptors (Lipinski definition) is 10. The molecule has 2 saturated heterocycles. The van der Waals surface area contributed by atoms with E-state index in [1.165, 1.54) is 30.0 Å². The minimum atomic E-state index is -2.20. The van der Waals surface area contributed by atoms with Crippen LogP contribution < -0.4 is 10.9 Å². The highest BCUT2D eigenvalue weighted by molar-refractivity contribution is 6.74. The molecule has 4 heterocycles. The van der Waals surface area contributed by atoms with Crippen LogP contribution in [-0.2, 0) is 38.2 Å². The number of likely N-dealkylation sites (N-methyl/N-ethyl adjacent to an activating group) is 1. The van der Waals surface area contributed by atoms with E-state index in [2.05, 4.69) is 78.4 Å². The van der Waals surface area contributed by atoms with Crippen molar-refractivity contribution in [2.24, 2.45) is 5.92 Å². The number of fused-ring (bicyclic) bond motifs is 1. The predicted molar refractivity (Wildman–Crippen MR) is 247 cm³/mol. The molecule has 3 N–H and O–H groups in total. The van der Waals surface area contributed by atoms with Crippen molar-refractivity contribution in [2.75, 3.05) is 72.7 Å². The molecule has 0 unspecified atom stereocenters. The Balaban J connectivity index is 0.786. The molecule has 14 nitrogen and oxygen atoms in total. The highest BCUT2D eigenvalue weighted by Crippen LogP contribution is 2.41. The quantitative estimate of drug-likeness (QED) is 0.0743. The van der Waals surface area contributed by atoms with E-state index in [1.807, 2.05) is 35.0 Å². The lowest BCUT2D eigenvalue weighted by Crippen LogP contribution is -2.58. The van der Waals surface area contributed by atoms with Crippen molar-refractivity contribution in [3.05, 3.63) is 93.5 Å². The number of phenolic OH excluding ortho intramolecular Hbond substituents is 1. The molecule has 1 aliphatic carbocycles. The second kappa shape index (κ2) is 20.2. The zero-order valence-electron chi connectivity index (χ0n) is 38.3. The van der Waals surface area contributed by atoms with E-state index in [4.69, 9.17) is 13.9 Å². The molecular weight excluding hydrogens is 815 g/mol. The van der Waals surface area contributed by atoms with E-state index in [9.17, 15) is 19.5 Å². The number of likely N-dealkylation sites (tertiary alicyclic amines) is 1. The number of rotatable bonds is 19. The Morgan fingerprint density at radius 3 is 2.51 bits per heavy atom. The van der Waals surface area contributed by atoms with Gasteiger partial charge in [-0.3, -0.25) is 24.0 Å². The molecule has 1 spiro atoms. The van der Waals surface area contributed by atoms with Crippen LogP contribution in [0, 0.1) is 5.92 Å². The van der Waals surface area contributed by atoms with Crippen molar-refractivity contribution < 1.29 is 28.6 Å². The van der Waals surface area contributed by atoms with E-state index in [0.717, 1.165) is 56.4 Å². The van der Waals surface area contributed by atoms with Crippen molar-refractivity contribution in [3.8, 4) is 5.75 Å². The number of carbonyl (C=O) groups excluding carboxylic acids is 2. The van der Waals surface area contributed by atoms with Crippen LogP contribution in [0.2, 0.25) is 18.1 Å². The fourth-order valence-corrected chi connectivity index (χ4v) is 9.62. The molecular formula is C48H69N7O7Si. The van der Waals surface area contributed by atoms with Gasteiger partial charge in [-0.2, -0.15) is 5.10 Å². The number of amides is 2. The summed E-state index contributed by atoms with van der Waals surface area (Å²) in [6.45, 7) is 19.0. The molecule has 3 fully saturated rings. The Morgan fingerprint density at radius 2 is 1.78 bits per heavy atom. The molecule has 1 atom stereocenters. The first-order chi connectivity index (χ1) is 30.1. The predicted octanol–water partition coefficient (Wildman–Crippen LogP) is 6.11. The average Bonchev–Trinajstić information content (AvgIpc) is 3.95. The molecule has 0 bridgehead atoms. The summed E-state index contributed by atoms with van der Waals surface area (Å²) in [6, 6.07) is 17.3. The maximum absolute atomic E-state index is 13.3. The number of morpholine rings is 1. The van der Waals surface area contributed by atoms with E-state index in [0.29, 0.717) is 76.1 Å². The number of aromatic amines is 1. The summed E-state index contributed by atoms with van der Waals surface area (Å²) in [5.41, 5.74) is 3.74. The summed E-state index contributed by atoms with van der Waals surface area (Å²) >= 11 is 0. The van der Waals surface area contributed by atoms with Crippen molar-refractivity contribution in [2.45, 2.75) is 102 Å². The third-order valence-electron chi connectivity index (χ3n) is 13.6. The number of benzene rings is 2. The van der Waals surface area contributed by atoms with Gasteiger partial charge in [0, 0.05) is 77.1 Å². The van der Waals surface area contributed by atoms with Gasteiger partial charge in [0.05, 0.1) is 50.0 Å². The lowest BCUT2D eigenvalue weighted by molar-refractivity contribution is -0.131. The molecule has 1 saturated carbocycles. The summed E-state index contributed by atoms with van der Waals surface area (Å²) in [4.78, 5) is 47.3. The normalized spacial score (nSPS) is 17.7. The number of nitrogens with zero attached hydrogens (tertiary/aromatic N) is 5. The van der Waals surface area contributed by atoms with Crippen LogP contribution in [0.25, 0.3) is 10.9 Å². The topological polar surface area (TPSA) is 154 Å². The number of aromatic hydroxyl groups is 1. The van der Waals surface area contributed by atoms with Gasteiger partial charge in [0.15, 0.2) is 8.32 Å².